The quantitative estimate of drug-likeness (QED) is 0.587. The van der Waals surface area contributed by atoms with Gasteiger partial charge in [-0.05, 0) is 24.1 Å². The number of aryl methyl sites for hydroxylation is 1. The SMILES string of the molecule is Nc1nc(SCCc2ccccc2)nc2ccccc12. The summed E-state index contributed by atoms with van der Waals surface area (Å²) in [4.78, 5) is 8.90. The van der Waals surface area contributed by atoms with Gasteiger partial charge in [0, 0.05) is 11.1 Å². The summed E-state index contributed by atoms with van der Waals surface area (Å²) in [6, 6.07) is 18.3. The highest BCUT2D eigenvalue weighted by atomic mass is 32.2. The van der Waals surface area contributed by atoms with Crippen molar-refractivity contribution in [2.45, 2.75) is 11.6 Å². The molecule has 100 valence electrons. The van der Waals surface area contributed by atoms with Crippen LogP contribution < -0.4 is 5.73 Å². The fourth-order valence-corrected chi connectivity index (χ4v) is 2.89. The van der Waals surface area contributed by atoms with Crippen LogP contribution in [-0.4, -0.2) is 15.7 Å². The van der Waals surface area contributed by atoms with E-state index in [-0.39, 0.29) is 0 Å². The van der Waals surface area contributed by atoms with E-state index in [4.69, 9.17) is 5.73 Å². The molecule has 2 N–H and O–H groups in total. The summed E-state index contributed by atoms with van der Waals surface area (Å²) in [6.45, 7) is 0. The number of anilines is 1. The first-order valence-corrected chi connectivity index (χ1v) is 7.50. The normalized spacial score (nSPS) is 10.8. The van der Waals surface area contributed by atoms with Crippen LogP contribution in [0, 0.1) is 0 Å². The highest BCUT2D eigenvalue weighted by Gasteiger charge is 2.05. The van der Waals surface area contributed by atoms with Crippen molar-refractivity contribution in [3.8, 4) is 0 Å². The second kappa shape index (κ2) is 5.92. The first kappa shape index (κ1) is 12.9. The molecule has 0 saturated heterocycles. The summed E-state index contributed by atoms with van der Waals surface area (Å²) in [6.07, 6.45) is 1.00. The lowest BCUT2D eigenvalue weighted by atomic mass is 10.2. The lowest BCUT2D eigenvalue weighted by molar-refractivity contribution is 1.01. The highest BCUT2D eigenvalue weighted by Crippen LogP contribution is 2.22. The van der Waals surface area contributed by atoms with Crippen molar-refractivity contribution in [1.82, 2.24) is 9.97 Å². The molecule has 0 saturated carbocycles. The molecule has 0 aliphatic rings. The third-order valence-corrected chi connectivity index (χ3v) is 3.93. The minimum Gasteiger partial charge on any atom is -0.383 e. The van der Waals surface area contributed by atoms with Crippen molar-refractivity contribution in [3.63, 3.8) is 0 Å². The van der Waals surface area contributed by atoms with Crippen molar-refractivity contribution in [1.29, 1.82) is 0 Å². The smallest absolute Gasteiger partial charge is 0.190 e. The fraction of sp³-hybridized carbons (Fsp3) is 0.125. The molecule has 1 aromatic heterocycles. The van der Waals surface area contributed by atoms with E-state index >= 15 is 0 Å². The van der Waals surface area contributed by atoms with Crippen LogP contribution in [0.25, 0.3) is 10.9 Å². The zero-order chi connectivity index (χ0) is 13.8. The number of thioether (sulfide) groups is 1. The van der Waals surface area contributed by atoms with Crippen LogP contribution in [0.15, 0.2) is 59.8 Å². The minimum atomic E-state index is 0.554. The van der Waals surface area contributed by atoms with E-state index < -0.39 is 0 Å². The van der Waals surface area contributed by atoms with Crippen molar-refractivity contribution in [2.75, 3.05) is 11.5 Å². The van der Waals surface area contributed by atoms with Crippen LogP contribution in [0.3, 0.4) is 0 Å². The Morgan fingerprint density at radius 3 is 2.50 bits per heavy atom. The number of rotatable bonds is 4. The van der Waals surface area contributed by atoms with Gasteiger partial charge in [-0.2, -0.15) is 0 Å². The molecule has 0 atom stereocenters. The highest BCUT2D eigenvalue weighted by molar-refractivity contribution is 7.99. The summed E-state index contributed by atoms with van der Waals surface area (Å²) in [7, 11) is 0. The topological polar surface area (TPSA) is 51.8 Å². The molecule has 3 aromatic rings. The zero-order valence-corrected chi connectivity index (χ0v) is 11.8. The van der Waals surface area contributed by atoms with E-state index in [0.717, 1.165) is 28.2 Å². The third kappa shape index (κ3) is 2.91. The molecule has 0 spiro atoms. The number of fused-ring (bicyclic) bond motifs is 1. The minimum absolute atomic E-state index is 0.554. The maximum Gasteiger partial charge on any atom is 0.190 e. The van der Waals surface area contributed by atoms with Crippen molar-refractivity contribution >= 4 is 28.5 Å². The number of nitrogen functional groups attached to an aromatic ring is 1. The Kier molecular flexibility index (Phi) is 3.83. The van der Waals surface area contributed by atoms with Crippen LogP contribution in [0.5, 0.6) is 0 Å². The van der Waals surface area contributed by atoms with Crippen LogP contribution in [-0.2, 0) is 6.42 Å². The van der Waals surface area contributed by atoms with E-state index in [0.29, 0.717) is 5.82 Å². The van der Waals surface area contributed by atoms with Gasteiger partial charge >= 0.3 is 0 Å². The second-order valence-corrected chi connectivity index (χ2v) is 5.55. The van der Waals surface area contributed by atoms with Gasteiger partial charge in [-0.15, -0.1) is 0 Å². The molecule has 3 nitrogen and oxygen atoms in total. The summed E-state index contributed by atoms with van der Waals surface area (Å²) < 4.78 is 0. The van der Waals surface area contributed by atoms with Gasteiger partial charge in [0.25, 0.3) is 0 Å². The molecule has 4 heteroatoms. The Bertz CT molecular complexity index is 713. The monoisotopic (exact) mass is 281 g/mol. The molecule has 2 aromatic carbocycles. The van der Waals surface area contributed by atoms with Gasteiger partial charge < -0.3 is 5.73 Å². The lowest BCUT2D eigenvalue weighted by Crippen LogP contribution is -1.98. The predicted octanol–water partition coefficient (Wildman–Crippen LogP) is 3.55. The third-order valence-electron chi connectivity index (χ3n) is 3.08. The second-order valence-electron chi connectivity index (χ2n) is 4.49. The predicted molar refractivity (Wildman–Crippen MR) is 84.8 cm³/mol. The Labute approximate surface area is 122 Å². The van der Waals surface area contributed by atoms with Gasteiger partial charge in [0.2, 0.25) is 0 Å². The number of hydrogen-bond donors (Lipinski definition) is 1. The van der Waals surface area contributed by atoms with Crippen LogP contribution >= 0.6 is 11.8 Å². The van der Waals surface area contributed by atoms with Crippen molar-refractivity contribution in [2.24, 2.45) is 0 Å². The molecule has 1 heterocycles. The molecule has 0 bridgehead atoms. The van der Waals surface area contributed by atoms with Gasteiger partial charge in [0.1, 0.15) is 5.82 Å². The van der Waals surface area contributed by atoms with Crippen LogP contribution in [0.4, 0.5) is 5.82 Å². The average molecular weight is 281 g/mol. The van der Waals surface area contributed by atoms with Crippen molar-refractivity contribution < 1.29 is 0 Å². The Balaban J connectivity index is 1.72. The number of para-hydroxylation sites is 1. The standard InChI is InChI=1S/C16H15N3S/c17-15-13-8-4-5-9-14(13)18-16(19-15)20-11-10-12-6-2-1-3-7-12/h1-9H,10-11H2,(H2,17,18,19). The van der Waals surface area contributed by atoms with E-state index in [2.05, 4.69) is 34.2 Å². The molecule has 0 unspecified atom stereocenters. The lowest BCUT2D eigenvalue weighted by Gasteiger charge is -2.05. The number of aromatic nitrogens is 2. The zero-order valence-electron chi connectivity index (χ0n) is 11.0. The molecular formula is C16H15N3S. The Morgan fingerprint density at radius 2 is 1.65 bits per heavy atom. The molecule has 3 rings (SSSR count). The van der Waals surface area contributed by atoms with Gasteiger partial charge in [-0.3, -0.25) is 0 Å². The molecule has 20 heavy (non-hydrogen) atoms. The molecule has 0 radical (unpaired) electrons. The number of benzene rings is 2. The van der Waals surface area contributed by atoms with Gasteiger partial charge in [0.05, 0.1) is 5.52 Å². The maximum atomic E-state index is 5.98. The molecule has 0 fully saturated rings. The summed E-state index contributed by atoms with van der Waals surface area (Å²) in [5.74, 6) is 1.50. The van der Waals surface area contributed by atoms with Crippen LogP contribution in [0.1, 0.15) is 5.56 Å². The maximum absolute atomic E-state index is 5.98. The fourth-order valence-electron chi connectivity index (χ4n) is 2.05. The van der Waals surface area contributed by atoms with Gasteiger partial charge in [-0.1, -0.05) is 54.2 Å². The molecule has 0 amide bonds. The molecular weight excluding hydrogens is 266 g/mol. The van der Waals surface area contributed by atoms with Gasteiger partial charge in [-0.25, -0.2) is 9.97 Å². The summed E-state index contributed by atoms with van der Waals surface area (Å²) in [5, 5.41) is 1.66. The number of hydrogen-bond acceptors (Lipinski definition) is 4. The average Bonchev–Trinajstić information content (AvgIpc) is 2.48. The Morgan fingerprint density at radius 1 is 0.900 bits per heavy atom. The van der Waals surface area contributed by atoms with E-state index in [1.54, 1.807) is 11.8 Å². The van der Waals surface area contributed by atoms with Gasteiger partial charge in [0.15, 0.2) is 5.16 Å². The van der Waals surface area contributed by atoms with Crippen molar-refractivity contribution in [3.05, 3.63) is 60.2 Å². The molecule has 0 aliphatic carbocycles. The first-order chi connectivity index (χ1) is 9.83. The summed E-state index contributed by atoms with van der Waals surface area (Å²) in [5.41, 5.74) is 8.21. The van der Waals surface area contributed by atoms with Crippen LogP contribution in [0.2, 0.25) is 0 Å². The largest absolute Gasteiger partial charge is 0.383 e. The molecule has 0 aliphatic heterocycles. The number of nitrogens with two attached hydrogens (primary N) is 1. The van der Waals surface area contributed by atoms with E-state index in [1.807, 2.05) is 30.3 Å². The Hall–Kier alpha value is -2.07. The first-order valence-electron chi connectivity index (χ1n) is 6.52. The summed E-state index contributed by atoms with van der Waals surface area (Å²) >= 11 is 1.64. The number of nitrogens with zero attached hydrogens (tertiary/aromatic N) is 2. The van der Waals surface area contributed by atoms with E-state index in [1.165, 1.54) is 5.56 Å². The van der Waals surface area contributed by atoms with E-state index in [9.17, 15) is 0 Å².